The van der Waals surface area contributed by atoms with E-state index in [4.69, 9.17) is 16.3 Å². The van der Waals surface area contributed by atoms with Crippen LogP contribution in [0.1, 0.15) is 17.4 Å². The van der Waals surface area contributed by atoms with Crippen molar-refractivity contribution in [2.75, 3.05) is 6.61 Å². The van der Waals surface area contributed by atoms with Crippen LogP contribution < -0.4 is 0 Å². The average Bonchev–Trinajstić information content (AvgIpc) is 3.15. The molecule has 0 radical (unpaired) electrons. The Balaban J connectivity index is 1.56. The third-order valence-electron chi connectivity index (χ3n) is 6.30. The summed E-state index contributed by atoms with van der Waals surface area (Å²) in [6.07, 6.45) is -3.91. The summed E-state index contributed by atoms with van der Waals surface area (Å²) in [5.41, 5.74) is 2.71. The van der Waals surface area contributed by atoms with E-state index >= 15 is 0 Å². The SMILES string of the molecule is OC[C@H]1O[C@@H](n2cc(Cc3ccc4cc(O)ccc4c3)c3ccc(Cl)cc32)[C@H](O)[C@@H](O)[C@@H]1O. The Morgan fingerprint density at radius 3 is 2.42 bits per heavy atom. The van der Waals surface area contributed by atoms with E-state index in [-0.39, 0.29) is 5.75 Å². The fraction of sp³-hybridized carbons (Fsp3) is 0.280. The van der Waals surface area contributed by atoms with Gasteiger partial charge in [0.1, 0.15) is 30.2 Å². The fourth-order valence-electron chi connectivity index (χ4n) is 4.57. The number of hydrogen-bond acceptors (Lipinski definition) is 6. The van der Waals surface area contributed by atoms with Gasteiger partial charge in [-0.25, -0.2) is 0 Å². The lowest BCUT2D eigenvalue weighted by atomic mass is 9.98. The molecule has 0 bridgehead atoms. The molecule has 0 spiro atoms. The maximum Gasteiger partial charge on any atom is 0.163 e. The molecule has 0 amide bonds. The third kappa shape index (κ3) is 3.97. The third-order valence-corrected chi connectivity index (χ3v) is 6.54. The highest BCUT2D eigenvalue weighted by atomic mass is 35.5. The molecule has 7 nitrogen and oxygen atoms in total. The van der Waals surface area contributed by atoms with Gasteiger partial charge in [-0.15, -0.1) is 0 Å². The molecular formula is C25H24ClNO6. The van der Waals surface area contributed by atoms with Crippen LogP contribution in [0.5, 0.6) is 5.75 Å². The first-order valence-corrected chi connectivity index (χ1v) is 11.0. The van der Waals surface area contributed by atoms with E-state index in [1.54, 1.807) is 28.8 Å². The van der Waals surface area contributed by atoms with Gasteiger partial charge in [0.25, 0.3) is 0 Å². The lowest BCUT2D eigenvalue weighted by Crippen LogP contribution is -2.56. The van der Waals surface area contributed by atoms with Crippen molar-refractivity contribution >= 4 is 33.3 Å². The minimum Gasteiger partial charge on any atom is -0.508 e. The quantitative estimate of drug-likeness (QED) is 0.314. The summed E-state index contributed by atoms with van der Waals surface area (Å²) in [5, 5.41) is 53.7. The predicted molar refractivity (Wildman–Crippen MR) is 124 cm³/mol. The van der Waals surface area contributed by atoms with E-state index in [0.29, 0.717) is 17.0 Å². The molecule has 5 rings (SSSR count). The first-order chi connectivity index (χ1) is 15.9. The van der Waals surface area contributed by atoms with E-state index in [2.05, 4.69) is 6.07 Å². The number of halogens is 1. The molecule has 3 aromatic carbocycles. The molecular weight excluding hydrogens is 446 g/mol. The molecule has 2 heterocycles. The van der Waals surface area contributed by atoms with Gasteiger partial charge in [-0.2, -0.15) is 0 Å². The highest BCUT2D eigenvalue weighted by Crippen LogP contribution is 2.35. The van der Waals surface area contributed by atoms with Crippen molar-refractivity contribution in [2.45, 2.75) is 37.1 Å². The normalized spacial score (nSPS) is 25.7. The smallest absolute Gasteiger partial charge is 0.163 e. The maximum absolute atomic E-state index is 10.7. The van der Waals surface area contributed by atoms with Crippen molar-refractivity contribution in [3.05, 3.63) is 76.9 Å². The van der Waals surface area contributed by atoms with Crippen molar-refractivity contribution in [1.29, 1.82) is 0 Å². The van der Waals surface area contributed by atoms with Gasteiger partial charge in [-0.05, 0) is 52.6 Å². The van der Waals surface area contributed by atoms with Crippen molar-refractivity contribution in [2.24, 2.45) is 0 Å². The molecule has 1 aliphatic rings. The molecule has 33 heavy (non-hydrogen) atoms. The Labute approximate surface area is 194 Å². The lowest BCUT2D eigenvalue weighted by molar-refractivity contribution is -0.250. The van der Waals surface area contributed by atoms with Gasteiger partial charge in [0, 0.05) is 16.6 Å². The van der Waals surface area contributed by atoms with Crippen LogP contribution in [0, 0.1) is 0 Å². The van der Waals surface area contributed by atoms with E-state index in [1.807, 2.05) is 30.5 Å². The zero-order chi connectivity index (χ0) is 23.3. The number of hydrogen-bond donors (Lipinski definition) is 5. The molecule has 1 aliphatic heterocycles. The van der Waals surface area contributed by atoms with Crippen LogP contribution in [0.25, 0.3) is 21.7 Å². The molecule has 0 aliphatic carbocycles. The van der Waals surface area contributed by atoms with E-state index < -0.39 is 37.3 Å². The monoisotopic (exact) mass is 469 g/mol. The van der Waals surface area contributed by atoms with Gasteiger partial charge in [0.05, 0.1) is 12.1 Å². The Morgan fingerprint density at radius 2 is 1.64 bits per heavy atom. The zero-order valence-corrected chi connectivity index (χ0v) is 18.3. The minimum absolute atomic E-state index is 0.217. The van der Waals surface area contributed by atoms with Crippen molar-refractivity contribution in [3.8, 4) is 5.75 Å². The summed E-state index contributed by atoms with van der Waals surface area (Å²) in [6.45, 7) is -0.499. The summed E-state index contributed by atoms with van der Waals surface area (Å²) >= 11 is 6.25. The number of fused-ring (bicyclic) bond motifs is 2. The number of ether oxygens (including phenoxy) is 1. The van der Waals surface area contributed by atoms with E-state index in [9.17, 15) is 25.5 Å². The van der Waals surface area contributed by atoms with Crippen LogP contribution in [-0.4, -0.2) is 61.1 Å². The maximum atomic E-state index is 10.7. The van der Waals surface area contributed by atoms with Crippen molar-refractivity contribution < 1.29 is 30.3 Å². The first kappa shape index (κ1) is 22.2. The lowest BCUT2D eigenvalue weighted by Gasteiger charge is -2.40. The van der Waals surface area contributed by atoms with Gasteiger partial charge < -0.3 is 34.8 Å². The molecule has 4 aromatic rings. The molecule has 0 saturated carbocycles. The minimum atomic E-state index is -1.47. The Morgan fingerprint density at radius 1 is 0.879 bits per heavy atom. The second kappa shape index (κ2) is 8.61. The Kier molecular flexibility index (Phi) is 5.78. The summed E-state index contributed by atoms with van der Waals surface area (Å²) in [4.78, 5) is 0. The number of rotatable bonds is 4. The molecule has 5 N–H and O–H groups in total. The molecule has 172 valence electrons. The number of aliphatic hydroxyl groups is 4. The second-order valence-electron chi connectivity index (χ2n) is 8.49. The van der Waals surface area contributed by atoms with Gasteiger partial charge >= 0.3 is 0 Å². The molecule has 0 unspecified atom stereocenters. The predicted octanol–water partition coefficient (Wildman–Crippen LogP) is 2.72. The zero-order valence-electron chi connectivity index (χ0n) is 17.5. The van der Waals surface area contributed by atoms with Crippen LogP contribution in [0.3, 0.4) is 0 Å². The Bertz CT molecular complexity index is 1320. The van der Waals surface area contributed by atoms with Crippen molar-refractivity contribution in [3.63, 3.8) is 0 Å². The summed E-state index contributed by atoms with van der Waals surface area (Å²) in [6, 6.07) is 16.7. The number of aliphatic hydroxyl groups excluding tert-OH is 4. The Hall–Kier alpha value is -2.65. The second-order valence-corrected chi connectivity index (χ2v) is 8.92. The molecule has 5 atom stereocenters. The summed E-state index contributed by atoms with van der Waals surface area (Å²) < 4.78 is 7.48. The van der Waals surface area contributed by atoms with Gasteiger partial charge in [-0.1, -0.05) is 41.9 Å². The number of aromatic hydroxyl groups is 1. The topological polar surface area (TPSA) is 115 Å². The van der Waals surface area contributed by atoms with Crippen molar-refractivity contribution in [1.82, 2.24) is 4.57 Å². The fourth-order valence-corrected chi connectivity index (χ4v) is 4.74. The average molecular weight is 470 g/mol. The van der Waals surface area contributed by atoms with Gasteiger partial charge in [0.15, 0.2) is 6.23 Å². The number of nitrogens with zero attached hydrogens (tertiary/aromatic N) is 1. The molecule has 8 heteroatoms. The van der Waals surface area contributed by atoms with E-state index in [0.717, 1.165) is 27.3 Å². The highest BCUT2D eigenvalue weighted by Gasteiger charge is 2.44. The van der Waals surface area contributed by atoms with E-state index in [1.165, 1.54) is 0 Å². The van der Waals surface area contributed by atoms with Crippen LogP contribution in [0.15, 0.2) is 60.8 Å². The summed E-state index contributed by atoms with van der Waals surface area (Å²) in [5.74, 6) is 0.217. The largest absolute Gasteiger partial charge is 0.508 e. The van der Waals surface area contributed by atoms with Crippen LogP contribution in [0.4, 0.5) is 0 Å². The highest BCUT2D eigenvalue weighted by molar-refractivity contribution is 6.31. The van der Waals surface area contributed by atoms with Gasteiger partial charge in [-0.3, -0.25) is 0 Å². The standard InChI is InChI=1S/C25H24ClNO6/c26-17-4-6-19-16(8-13-1-2-15-9-18(29)5-3-14(15)7-13)11-27(20(19)10-17)25-24(32)23(31)22(30)21(12-28)33-25/h1-7,9-11,21-25,28-32H,8,12H2/t21-,22-,23+,24-,25-/m1/s1. The van der Waals surface area contributed by atoms with Gasteiger partial charge in [0.2, 0.25) is 0 Å². The first-order valence-electron chi connectivity index (χ1n) is 10.7. The number of benzene rings is 3. The number of phenols is 1. The number of aromatic nitrogens is 1. The molecule has 1 fully saturated rings. The summed E-state index contributed by atoms with van der Waals surface area (Å²) in [7, 11) is 0. The van der Waals surface area contributed by atoms with Crippen LogP contribution >= 0.6 is 11.6 Å². The van der Waals surface area contributed by atoms with Crippen LogP contribution in [0.2, 0.25) is 5.02 Å². The number of phenolic OH excluding ortho intramolecular Hbond substituents is 1. The van der Waals surface area contributed by atoms with Crippen LogP contribution in [-0.2, 0) is 11.2 Å². The molecule has 1 aromatic heterocycles. The molecule has 1 saturated heterocycles.